The Kier molecular flexibility index (Phi) is 5.59. The molecule has 0 saturated carbocycles. The number of rotatable bonds is 5. The van der Waals surface area contributed by atoms with Crippen LogP contribution in [0.4, 0.5) is 0 Å². The van der Waals surface area contributed by atoms with E-state index < -0.39 is 5.60 Å². The third-order valence-electron chi connectivity index (χ3n) is 3.58. The van der Waals surface area contributed by atoms with Crippen LogP contribution in [0.1, 0.15) is 37.8 Å². The lowest BCUT2D eigenvalue weighted by Crippen LogP contribution is -2.26. The molecule has 1 atom stereocenters. The molecule has 1 nitrogen and oxygen atoms in total. The molecule has 1 unspecified atom stereocenters. The largest absolute Gasteiger partial charge is 0.385 e. The Morgan fingerprint density at radius 2 is 1.43 bits per heavy atom. The van der Waals surface area contributed by atoms with Gasteiger partial charge in [-0.15, -0.1) is 0 Å². The molecule has 0 bridgehead atoms. The van der Waals surface area contributed by atoms with Crippen molar-refractivity contribution in [1.82, 2.24) is 0 Å². The molecule has 0 spiro atoms. The number of benzene rings is 2. The molecule has 0 aliphatic carbocycles. The lowest BCUT2D eigenvalue weighted by Gasteiger charge is -2.28. The highest BCUT2D eigenvalue weighted by atomic mass is 127. The third kappa shape index (κ3) is 3.95. The second kappa shape index (κ2) is 7.23. The summed E-state index contributed by atoms with van der Waals surface area (Å²) in [7, 11) is 0. The summed E-state index contributed by atoms with van der Waals surface area (Å²) < 4.78 is 1.11. The van der Waals surface area contributed by atoms with Gasteiger partial charge < -0.3 is 5.11 Å². The molecule has 0 saturated heterocycles. The fourth-order valence-electron chi connectivity index (χ4n) is 2.62. The van der Waals surface area contributed by atoms with Crippen LogP contribution in [0.5, 0.6) is 0 Å². The molecular formula is C19H21IO. The first kappa shape index (κ1) is 16.2. The molecule has 0 radical (unpaired) electrons. The SMILES string of the molecule is CCCC(C)(O)/C(=C(\I)c1ccccc1)c1ccccc1. The van der Waals surface area contributed by atoms with Crippen LogP contribution in [-0.2, 0) is 0 Å². The van der Waals surface area contributed by atoms with E-state index in [-0.39, 0.29) is 0 Å². The molecule has 1 N–H and O–H groups in total. The maximum atomic E-state index is 11.0. The third-order valence-corrected chi connectivity index (χ3v) is 4.75. The van der Waals surface area contributed by atoms with Crippen LogP contribution in [0, 0.1) is 0 Å². The number of aliphatic hydroxyl groups is 1. The van der Waals surface area contributed by atoms with Gasteiger partial charge in [0.05, 0.1) is 5.60 Å². The topological polar surface area (TPSA) is 20.2 Å². The molecular weight excluding hydrogens is 371 g/mol. The normalized spacial score (nSPS) is 15.2. The van der Waals surface area contributed by atoms with Crippen LogP contribution < -0.4 is 0 Å². The summed E-state index contributed by atoms with van der Waals surface area (Å²) in [4.78, 5) is 0. The van der Waals surface area contributed by atoms with E-state index in [0.29, 0.717) is 0 Å². The quantitative estimate of drug-likeness (QED) is 0.523. The van der Waals surface area contributed by atoms with Crippen LogP contribution >= 0.6 is 22.6 Å². The fourth-order valence-corrected chi connectivity index (χ4v) is 3.87. The Hall–Kier alpha value is -1.13. The molecule has 0 aliphatic heterocycles. The molecule has 110 valence electrons. The zero-order chi connectivity index (χ0) is 15.3. The summed E-state index contributed by atoms with van der Waals surface area (Å²) >= 11 is 2.36. The summed E-state index contributed by atoms with van der Waals surface area (Å²) in [5.41, 5.74) is 2.41. The van der Waals surface area contributed by atoms with Gasteiger partial charge in [0.2, 0.25) is 0 Å². The summed E-state index contributed by atoms with van der Waals surface area (Å²) in [5.74, 6) is 0. The predicted molar refractivity (Wildman–Crippen MR) is 99.2 cm³/mol. The predicted octanol–water partition coefficient (Wildman–Crippen LogP) is 5.54. The standard InChI is InChI=1S/C19H21IO/c1-3-14-19(2,21)17(15-10-6-4-7-11-15)18(20)16-12-8-5-9-13-16/h4-13,21H,3,14H2,1-2H3/b18-17-. The van der Waals surface area contributed by atoms with E-state index in [1.54, 1.807) is 0 Å². The van der Waals surface area contributed by atoms with E-state index in [0.717, 1.165) is 33.1 Å². The van der Waals surface area contributed by atoms with Crippen molar-refractivity contribution < 1.29 is 5.11 Å². The van der Waals surface area contributed by atoms with Crippen molar-refractivity contribution in [2.75, 3.05) is 0 Å². The van der Waals surface area contributed by atoms with E-state index in [1.165, 1.54) is 0 Å². The van der Waals surface area contributed by atoms with Gasteiger partial charge in [0, 0.05) is 9.15 Å². The summed E-state index contributed by atoms with van der Waals surface area (Å²) in [6.45, 7) is 4.02. The van der Waals surface area contributed by atoms with Crippen molar-refractivity contribution in [2.24, 2.45) is 0 Å². The van der Waals surface area contributed by atoms with Crippen molar-refractivity contribution in [3.63, 3.8) is 0 Å². The first-order valence-electron chi connectivity index (χ1n) is 7.29. The van der Waals surface area contributed by atoms with Gasteiger partial charge in [-0.25, -0.2) is 0 Å². The highest BCUT2D eigenvalue weighted by Crippen LogP contribution is 2.40. The first-order valence-corrected chi connectivity index (χ1v) is 8.37. The molecule has 0 amide bonds. The van der Waals surface area contributed by atoms with Crippen molar-refractivity contribution in [1.29, 1.82) is 0 Å². The monoisotopic (exact) mass is 392 g/mol. The Balaban J connectivity index is 2.61. The minimum Gasteiger partial charge on any atom is -0.385 e. The van der Waals surface area contributed by atoms with Gasteiger partial charge in [0.15, 0.2) is 0 Å². The smallest absolute Gasteiger partial charge is 0.0884 e. The van der Waals surface area contributed by atoms with Gasteiger partial charge in [0.1, 0.15) is 0 Å². The Labute approximate surface area is 140 Å². The van der Waals surface area contributed by atoms with Gasteiger partial charge in [-0.1, -0.05) is 74.0 Å². The first-order chi connectivity index (χ1) is 10.1. The summed E-state index contributed by atoms with van der Waals surface area (Å²) in [6, 6.07) is 20.4. The van der Waals surface area contributed by atoms with Gasteiger partial charge in [-0.2, -0.15) is 0 Å². The van der Waals surface area contributed by atoms with Crippen LogP contribution in [0.2, 0.25) is 0 Å². The van der Waals surface area contributed by atoms with Crippen molar-refractivity contribution in [3.8, 4) is 0 Å². The van der Waals surface area contributed by atoms with E-state index >= 15 is 0 Å². The number of hydrogen-bond acceptors (Lipinski definition) is 1. The summed E-state index contributed by atoms with van der Waals surface area (Å²) in [6.07, 6.45) is 1.69. The molecule has 2 rings (SSSR count). The lowest BCUT2D eigenvalue weighted by molar-refractivity contribution is 0.112. The maximum Gasteiger partial charge on any atom is 0.0884 e. The highest BCUT2D eigenvalue weighted by Gasteiger charge is 2.28. The van der Waals surface area contributed by atoms with Gasteiger partial charge >= 0.3 is 0 Å². The van der Waals surface area contributed by atoms with E-state index in [2.05, 4.69) is 53.8 Å². The lowest BCUT2D eigenvalue weighted by atomic mass is 9.85. The Morgan fingerprint density at radius 1 is 0.952 bits per heavy atom. The molecule has 0 fully saturated rings. The zero-order valence-electron chi connectivity index (χ0n) is 12.5. The van der Waals surface area contributed by atoms with Crippen molar-refractivity contribution >= 4 is 31.7 Å². The Morgan fingerprint density at radius 3 is 1.90 bits per heavy atom. The van der Waals surface area contributed by atoms with Gasteiger partial charge in [-0.3, -0.25) is 0 Å². The van der Waals surface area contributed by atoms with Crippen LogP contribution in [0.25, 0.3) is 9.15 Å². The molecule has 21 heavy (non-hydrogen) atoms. The van der Waals surface area contributed by atoms with Crippen molar-refractivity contribution in [3.05, 3.63) is 71.8 Å². The van der Waals surface area contributed by atoms with Crippen LogP contribution in [0.3, 0.4) is 0 Å². The van der Waals surface area contributed by atoms with Gasteiger partial charge in [0.25, 0.3) is 0 Å². The van der Waals surface area contributed by atoms with E-state index in [9.17, 15) is 5.11 Å². The fraction of sp³-hybridized carbons (Fsp3) is 0.263. The molecule has 2 aromatic carbocycles. The summed E-state index contributed by atoms with van der Waals surface area (Å²) in [5, 5.41) is 11.0. The van der Waals surface area contributed by atoms with Gasteiger partial charge in [-0.05, 0) is 47.1 Å². The minimum absolute atomic E-state index is 0.747. The molecule has 0 aromatic heterocycles. The van der Waals surface area contributed by atoms with E-state index in [1.807, 2.05) is 43.3 Å². The number of halogens is 1. The minimum atomic E-state index is -0.831. The molecule has 0 aliphatic rings. The van der Waals surface area contributed by atoms with Crippen LogP contribution in [-0.4, -0.2) is 10.7 Å². The molecule has 2 aromatic rings. The maximum absolute atomic E-state index is 11.0. The zero-order valence-corrected chi connectivity index (χ0v) is 14.7. The molecule has 2 heteroatoms. The molecule has 0 heterocycles. The number of hydrogen-bond donors (Lipinski definition) is 1. The average molecular weight is 392 g/mol. The Bertz CT molecular complexity index is 600. The van der Waals surface area contributed by atoms with Crippen LogP contribution in [0.15, 0.2) is 60.7 Å². The highest BCUT2D eigenvalue weighted by molar-refractivity contribution is 14.1. The van der Waals surface area contributed by atoms with Crippen molar-refractivity contribution in [2.45, 2.75) is 32.3 Å². The van der Waals surface area contributed by atoms with E-state index in [4.69, 9.17) is 0 Å². The second-order valence-electron chi connectivity index (χ2n) is 5.44. The average Bonchev–Trinajstić information content (AvgIpc) is 2.49. The second-order valence-corrected chi connectivity index (χ2v) is 6.52.